The van der Waals surface area contributed by atoms with E-state index in [9.17, 15) is 14.9 Å². The molecule has 6 heteroatoms. The summed E-state index contributed by atoms with van der Waals surface area (Å²) in [6.07, 6.45) is 2.23. The first-order valence-electron chi connectivity index (χ1n) is 5.84. The fourth-order valence-electron chi connectivity index (χ4n) is 1.91. The van der Waals surface area contributed by atoms with Crippen LogP contribution in [0.25, 0.3) is 0 Å². The molecule has 1 amide bonds. The van der Waals surface area contributed by atoms with Gasteiger partial charge < -0.3 is 11.1 Å². The number of hydrogen-bond donors (Lipinski definition) is 2. The number of amides is 1. The van der Waals surface area contributed by atoms with Crippen molar-refractivity contribution in [3.8, 4) is 0 Å². The fourth-order valence-corrected chi connectivity index (χ4v) is 1.91. The lowest BCUT2D eigenvalue weighted by Gasteiger charge is -2.13. The molecule has 1 saturated carbocycles. The fraction of sp³-hybridized carbons (Fsp3) is 0.417. The monoisotopic (exact) mass is 249 g/mol. The van der Waals surface area contributed by atoms with Crippen LogP contribution in [0.5, 0.6) is 0 Å². The average Bonchev–Trinajstić information content (AvgIpc) is 3.12. The van der Waals surface area contributed by atoms with E-state index in [1.54, 1.807) is 0 Å². The van der Waals surface area contributed by atoms with Crippen molar-refractivity contribution in [3.05, 3.63) is 33.9 Å². The molecule has 96 valence electrons. The Bertz CT molecular complexity index is 497. The first-order valence-corrected chi connectivity index (χ1v) is 5.84. The summed E-state index contributed by atoms with van der Waals surface area (Å²) in [6.45, 7) is 1.93. The first kappa shape index (κ1) is 12.3. The number of hydrogen-bond acceptors (Lipinski definition) is 4. The summed E-state index contributed by atoms with van der Waals surface area (Å²) in [6, 6.07) is 4.33. The molecule has 1 atom stereocenters. The van der Waals surface area contributed by atoms with Gasteiger partial charge in [-0.2, -0.15) is 0 Å². The molecule has 1 aromatic rings. The van der Waals surface area contributed by atoms with Crippen LogP contribution in [-0.4, -0.2) is 16.9 Å². The van der Waals surface area contributed by atoms with Crippen molar-refractivity contribution < 1.29 is 9.72 Å². The van der Waals surface area contributed by atoms with Crippen LogP contribution in [0.2, 0.25) is 0 Å². The van der Waals surface area contributed by atoms with E-state index in [1.807, 2.05) is 6.92 Å². The van der Waals surface area contributed by atoms with E-state index in [1.165, 1.54) is 18.2 Å². The van der Waals surface area contributed by atoms with Crippen LogP contribution in [-0.2, 0) is 0 Å². The van der Waals surface area contributed by atoms with Crippen LogP contribution < -0.4 is 11.1 Å². The van der Waals surface area contributed by atoms with E-state index in [0.29, 0.717) is 5.92 Å². The molecular formula is C12H15N3O3. The maximum atomic E-state index is 12.0. The minimum atomic E-state index is -0.587. The summed E-state index contributed by atoms with van der Waals surface area (Å²) in [5, 5.41) is 13.6. The summed E-state index contributed by atoms with van der Waals surface area (Å²) < 4.78 is 0. The van der Waals surface area contributed by atoms with Crippen LogP contribution in [0.3, 0.4) is 0 Å². The number of para-hydroxylation sites is 1. The van der Waals surface area contributed by atoms with Gasteiger partial charge in [0.2, 0.25) is 0 Å². The van der Waals surface area contributed by atoms with Crippen molar-refractivity contribution in [1.82, 2.24) is 5.32 Å². The van der Waals surface area contributed by atoms with E-state index >= 15 is 0 Å². The minimum absolute atomic E-state index is 0.0798. The van der Waals surface area contributed by atoms with Crippen LogP contribution in [0, 0.1) is 16.0 Å². The van der Waals surface area contributed by atoms with E-state index in [0.717, 1.165) is 12.8 Å². The Morgan fingerprint density at radius 1 is 1.56 bits per heavy atom. The molecule has 1 unspecified atom stereocenters. The van der Waals surface area contributed by atoms with E-state index in [2.05, 4.69) is 5.32 Å². The van der Waals surface area contributed by atoms with Gasteiger partial charge in [-0.1, -0.05) is 6.07 Å². The van der Waals surface area contributed by atoms with Gasteiger partial charge in [0.15, 0.2) is 0 Å². The van der Waals surface area contributed by atoms with Gasteiger partial charge in [0, 0.05) is 12.1 Å². The van der Waals surface area contributed by atoms with Gasteiger partial charge in [-0.3, -0.25) is 14.9 Å². The third-order valence-corrected chi connectivity index (χ3v) is 3.21. The van der Waals surface area contributed by atoms with Crippen molar-refractivity contribution in [2.24, 2.45) is 5.92 Å². The third kappa shape index (κ3) is 2.42. The predicted octanol–water partition coefficient (Wildman–Crippen LogP) is 1.71. The summed E-state index contributed by atoms with van der Waals surface area (Å²) in [7, 11) is 0. The zero-order valence-corrected chi connectivity index (χ0v) is 10.1. The molecule has 1 aliphatic rings. The van der Waals surface area contributed by atoms with Crippen LogP contribution in [0.15, 0.2) is 18.2 Å². The molecule has 0 radical (unpaired) electrons. The Morgan fingerprint density at radius 2 is 2.22 bits per heavy atom. The van der Waals surface area contributed by atoms with Crippen molar-refractivity contribution in [1.29, 1.82) is 0 Å². The minimum Gasteiger partial charge on any atom is -0.393 e. The predicted molar refractivity (Wildman–Crippen MR) is 67.2 cm³/mol. The molecule has 0 saturated heterocycles. The molecule has 18 heavy (non-hydrogen) atoms. The van der Waals surface area contributed by atoms with Gasteiger partial charge in [-0.25, -0.2) is 0 Å². The van der Waals surface area contributed by atoms with Crippen LogP contribution in [0.4, 0.5) is 11.4 Å². The number of carbonyl (C=O) groups excluding carboxylic acids is 1. The number of carbonyl (C=O) groups is 1. The summed E-state index contributed by atoms with van der Waals surface area (Å²) >= 11 is 0. The van der Waals surface area contributed by atoms with Gasteiger partial charge in [-0.15, -0.1) is 0 Å². The van der Waals surface area contributed by atoms with Gasteiger partial charge >= 0.3 is 0 Å². The largest absolute Gasteiger partial charge is 0.393 e. The second kappa shape index (κ2) is 4.64. The Labute approximate surface area is 104 Å². The number of benzene rings is 1. The molecule has 1 aliphatic carbocycles. The lowest BCUT2D eigenvalue weighted by molar-refractivity contribution is -0.383. The van der Waals surface area contributed by atoms with Gasteiger partial charge in [0.1, 0.15) is 5.69 Å². The van der Waals surface area contributed by atoms with Gasteiger partial charge in [-0.05, 0) is 31.7 Å². The van der Waals surface area contributed by atoms with Gasteiger partial charge in [0.05, 0.1) is 10.5 Å². The zero-order valence-electron chi connectivity index (χ0n) is 10.1. The standard InChI is InChI=1S/C12H15N3O3/c1-7(8-5-6-8)14-12(16)9-3-2-4-10(11(9)13)15(17)18/h2-4,7-8H,5-6,13H2,1H3,(H,14,16). The number of nitrogens with two attached hydrogens (primary N) is 1. The zero-order chi connectivity index (χ0) is 13.3. The van der Waals surface area contributed by atoms with Crippen LogP contribution in [0.1, 0.15) is 30.1 Å². The topological polar surface area (TPSA) is 98.3 Å². The molecule has 2 rings (SSSR count). The molecule has 0 heterocycles. The molecule has 0 spiro atoms. The number of nitrogens with one attached hydrogen (secondary N) is 1. The van der Waals surface area contributed by atoms with Crippen molar-refractivity contribution in [2.45, 2.75) is 25.8 Å². The Balaban J connectivity index is 2.19. The summed E-state index contributed by atoms with van der Waals surface area (Å²) in [4.78, 5) is 22.1. The molecule has 1 aromatic carbocycles. The van der Waals surface area contributed by atoms with Crippen molar-refractivity contribution in [2.75, 3.05) is 5.73 Å². The Kier molecular flexibility index (Phi) is 3.18. The number of nitro benzene ring substituents is 1. The lowest BCUT2D eigenvalue weighted by atomic mass is 10.1. The third-order valence-electron chi connectivity index (χ3n) is 3.21. The molecule has 3 N–H and O–H groups in total. The van der Waals surface area contributed by atoms with Crippen LogP contribution >= 0.6 is 0 Å². The van der Waals surface area contributed by atoms with E-state index < -0.39 is 4.92 Å². The van der Waals surface area contributed by atoms with Gasteiger partial charge in [0.25, 0.3) is 11.6 Å². The molecule has 6 nitrogen and oxygen atoms in total. The quantitative estimate of drug-likeness (QED) is 0.482. The number of rotatable bonds is 4. The van der Waals surface area contributed by atoms with Crippen molar-refractivity contribution in [3.63, 3.8) is 0 Å². The maximum absolute atomic E-state index is 12.0. The Hall–Kier alpha value is -2.11. The molecule has 0 aromatic heterocycles. The molecule has 0 bridgehead atoms. The molecule has 1 fully saturated rings. The number of nitrogen functional groups attached to an aromatic ring is 1. The maximum Gasteiger partial charge on any atom is 0.292 e. The van der Waals surface area contributed by atoms with E-state index in [4.69, 9.17) is 5.73 Å². The lowest BCUT2D eigenvalue weighted by Crippen LogP contribution is -2.34. The highest BCUT2D eigenvalue weighted by atomic mass is 16.6. The normalized spacial score (nSPS) is 16.1. The number of anilines is 1. The highest BCUT2D eigenvalue weighted by Gasteiger charge is 2.30. The molecule has 0 aliphatic heterocycles. The van der Waals surface area contributed by atoms with E-state index in [-0.39, 0.29) is 28.9 Å². The highest BCUT2D eigenvalue weighted by Crippen LogP contribution is 2.32. The summed E-state index contributed by atoms with van der Waals surface area (Å²) in [5.74, 6) is 0.171. The second-order valence-electron chi connectivity index (χ2n) is 4.60. The SMILES string of the molecule is CC(NC(=O)c1cccc([N+](=O)[O-])c1N)C1CC1. The highest BCUT2D eigenvalue weighted by molar-refractivity contribution is 6.01. The van der Waals surface area contributed by atoms with Crippen molar-refractivity contribution >= 4 is 17.3 Å². The average molecular weight is 249 g/mol. The second-order valence-corrected chi connectivity index (χ2v) is 4.60. The number of nitro groups is 1. The first-order chi connectivity index (χ1) is 8.50. The molecular weight excluding hydrogens is 234 g/mol. The number of nitrogens with zero attached hydrogens (tertiary/aromatic N) is 1. The Morgan fingerprint density at radius 3 is 2.78 bits per heavy atom. The smallest absolute Gasteiger partial charge is 0.292 e. The summed E-state index contributed by atoms with van der Waals surface area (Å²) in [5.41, 5.74) is 5.50.